The minimum Gasteiger partial charge on any atom is -0.378 e. The third kappa shape index (κ3) is 3.94. The van der Waals surface area contributed by atoms with Crippen molar-refractivity contribution >= 4 is 5.91 Å². The molecule has 1 unspecified atom stereocenters. The molecule has 0 aromatic rings. The monoisotopic (exact) mass is 243 g/mol. The largest absolute Gasteiger partial charge is 0.378 e. The molecule has 0 aliphatic carbocycles. The Hall–Kier alpha value is -0.650. The second-order valence-electron chi connectivity index (χ2n) is 4.73. The fourth-order valence-electron chi connectivity index (χ4n) is 2.24. The van der Waals surface area contributed by atoms with Gasteiger partial charge in [-0.3, -0.25) is 9.69 Å². The van der Waals surface area contributed by atoms with Crippen molar-refractivity contribution < 1.29 is 9.53 Å². The van der Waals surface area contributed by atoms with Gasteiger partial charge in [-0.2, -0.15) is 0 Å². The number of amides is 1. The number of nitrogens with zero attached hydrogens (tertiary/aromatic N) is 2. The lowest BCUT2D eigenvalue weighted by Gasteiger charge is -2.36. The van der Waals surface area contributed by atoms with E-state index in [0.717, 1.165) is 6.54 Å². The molecule has 0 bridgehead atoms. The highest BCUT2D eigenvalue weighted by atomic mass is 16.5. The van der Waals surface area contributed by atoms with Gasteiger partial charge in [-0.15, -0.1) is 0 Å². The molecule has 1 aliphatic rings. The first-order valence-electron chi connectivity index (χ1n) is 6.40. The lowest BCUT2D eigenvalue weighted by atomic mass is 10.2. The molecular weight excluding hydrogens is 218 g/mol. The Balaban J connectivity index is 2.58. The van der Waals surface area contributed by atoms with Gasteiger partial charge < -0.3 is 15.4 Å². The van der Waals surface area contributed by atoms with E-state index in [-0.39, 0.29) is 11.9 Å². The quantitative estimate of drug-likeness (QED) is 0.733. The van der Waals surface area contributed by atoms with E-state index in [2.05, 4.69) is 18.7 Å². The van der Waals surface area contributed by atoms with Crippen LogP contribution in [0.15, 0.2) is 0 Å². The van der Waals surface area contributed by atoms with Gasteiger partial charge in [0.2, 0.25) is 5.91 Å². The van der Waals surface area contributed by atoms with Crippen molar-refractivity contribution in [2.45, 2.75) is 32.9 Å². The van der Waals surface area contributed by atoms with Crippen molar-refractivity contribution in [3.8, 4) is 0 Å². The smallest absolute Gasteiger partial charge is 0.239 e. The van der Waals surface area contributed by atoms with E-state index >= 15 is 0 Å². The SMILES string of the molecule is CC(C)N(CCN)C(C)C(=O)N1CCOCC1. The van der Waals surface area contributed by atoms with Crippen LogP contribution in [-0.4, -0.2) is 67.2 Å². The number of carbonyl (C=O) groups is 1. The summed E-state index contributed by atoms with van der Waals surface area (Å²) in [6.07, 6.45) is 0. The molecule has 1 heterocycles. The molecular formula is C12H25N3O2. The van der Waals surface area contributed by atoms with Gasteiger partial charge in [0.1, 0.15) is 0 Å². The van der Waals surface area contributed by atoms with Crippen LogP contribution < -0.4 is 5.73 Å². The molecule has 17 heavy (non-hydrogen) atoms. The molecule has 0 radical (unpaired) electrons. The van der Waals surface area contributed by atoms with Crippen LogP contribution in [0.3, 0.4) is 0 Å². The highest BCUT2D eigenvalue weighted by Gasteiger charge is 2.27. The van der Waals surface area contributed by atoms with Gasteiger partial charge in [0.25, 0.3) is 0 Å². The lowest BCUT2D eigenvalue weighted by Crippen LogP contribution is -2.53. The third-order valence-corrected chi connectivity index (χ3v) is 3.23. The summed E-state index contributed by atoms with van der Waals surface area (Å²) in [5.41, 5.74) is 5.60. The van der Waals surface area contributed by atoms with Crippen molar-refractivity contribution in [1.29, 1.82) is 0 Å². The number of carbonyl (C=O) groups excluding carboxylic acids is 1. The molecule has 1 saturated heterocycles. The van der Waals surface area contributed by atoms with Gasteiger partial charge in [0.15, 0.2) is 0 Å². The van der Waals surface area contributed by atoms with E-state index in [1.54, 1.807) is 0 Å². The first-order chi connectivity index (χ1) is 8.07. The minimum absolute atomic E-state index is 0.100. The predicted molar refractivity (Wildman–Crippen MR) is 67.8 cm³/mol. The number of morpholine rings is 1. The Morgan fingerprint density at radius 1 is 1.35 bits per heavy atom. The molecule has 0 saturated carbocycles. The van der Waals surface area contributed by atoms with E-state index < -0.39 is 0 Å². The second-order valence-corrected chi connectivity index (χ2v) is 4.73. The number of rotatable bonds is 5. The third-order valence-electron chi connectivity index (χ3n) is 3.23. The number of nitrogens with two attached hydrogens (primary N) is 1. The molecule has 2 N–H and O–H groups in total. The first-order valence-corrected chi connectivity index (χ1v) is 6.40. The fraction of sp³-hybridized carbons (Fsp3) is 0.917. The van der Waals surface area contributed by atoms with E-state index in [0.29, 0.717) is 38.9 Å². The van der Waals surface area contributed by atoms with Crippen LogP contribution in [-0.2, 0) is 9.53 Å². The zero-order chi connectivity index (χ0) is 12.8. The van der Waals surface area contributed by atoms with Crippen LogP contribution in [0.5, 0.6) is 0 Å². The topological polar surface area (TPSA) is 58.8 Å². The molecule has 0 aromatic heterocycles. The zero-order valence-electron chi connectivity index (χ0n) is 11.2. The maximum absolute atomic E-state index is 12.3. The van der Waals surface area contributed by atoms with Gasteiger partial charge in [-0.05, 0) is 20.8 Å². The van der Waals surface area contributed by atoms with E-state index in [1.165, 1.54) is 0 Å². The van der Waals surface area contributed by atoms with Crippen LogP contribution in [0, 0.1) is 0 Å². The standard InChI is InChI=1S/C12H25N3O2/c1-10(2)15(5-4-13)11(3)12(16)14-6-8-17-9-7-14/h10-11H,4-9,13H2,1-3H3. The van der Waals surface area contributed by atoms with Gasteiger partial charge in [0.05, 0.1) is 19.3 Å². The van der Waals surface area contributed by atoms with Gasteiger partial charge in [0, 0.05) is 32.2 Å². The van der Waals surface area contributed by atoms with Gasteiger partial charge in [-0.1, -0.05) is 0 Å². The number of hydrogen-bond acceptors (Lipinski definition) is 4. The van der Waals surface area contributed by atoms with Crippen LogP contribution in [0.1, 0.15) is 20.8 Å². The van der Waals surface area contributed by atoms with Crippen LogP contribution in [0.4, 0.5) is 0 Å². The van der Waals surface area contributed by atoms with Crippen molar-refractivity contribution in [2.75, 3.05) is 39.4 Å². The molecule has 5 heteroatoms. The maximum atomic E-state index is 12.3. The minimum atomic E-state index is -0.100. The molecule has 1 atom stereocenters. The second kappa shape index (κ2) is 6.93. The fourth-order valence-corrected chi connectivity index (χ4v) is 2.24. The van der Waals surface area contributed by atoms with E-state index in [9.17, 15) is 4.79 Å². The van der Waals surface area contributed by atoms with Crippen molar-refractivity contribution in [3.63, 3.8) is 0 Å². The number of hydrogen-bond donors (Lipinski definition) is 1. The average molecular weight is 243 g/mol. The summed E-state index contributed by atoms with van der Waals surface area (Å²) in [5, 5.41) is 0. The summed E-state index contributed by atoms with van der Waals surface area (Å²) in [4.78, 5) is 16.3. The van der Waals surface area contributed by atoms with Crippen LogP contribution in [0.25, 0.3) is 0 Å². The molecule has 1 rings (SSSR count). The predicted octanol–water partition coefficient (Wildman–Crippen LogP) is -0.0972. The molecule has 100 valence electrons. The molecule has 0 spiro atoms. The summed E-state index contributed by atoms with van der Waals surface area (Å²) in [5.74, 6) is 0.190. The number of ether oxygens (including phenoxy) is 1. The van der Waals surface area contributed by atoms with Crippen molar-refractivity contribution in [3.05, 3.63) is 0 Å². The van der Waals surface area contributed by atoms with Crippen LogP contribution >= 0.6 is 0 Å². The normalized spacial score (nSPS) is 18.8. The Morgan fingerprint density at radius 2 is 1.94 bits per heavy atom. The van der Waals surface area contributed by atoms with Crippen LogP contribution in [0.2, 0.25) is 0 Å². The average Bonchev–Trinajstić information content (AvgIpc) is 2.35. The van der Waals surface area contributed by atoms with Gasteiger partial charge in [-0.25, -0.2) is 0 Å². The molecule has 1 aliphatic heterocycles. The Labute approximate surface area is 104 Å². The Bertz CT molecular complexity index is 240. The summed E-state index contributed by atoms with van der Waals surface area (Å²) >= 11 is 0. The highest BCUT2D eigenvalue weighted by Crippen LogP contribution is 2.09. The summed E-state index contributed by atoms with van der Waals surface area (Å²) in [6.45, 7) is 10.2. The molecule has 1 amide bonds. The summed E-state index contributed by atoms with van der Waals surface area (Å²) in [7, 11) is 0. The van der Waals surface area contributed by atoms with Crippen molar-refractivity contribution in [1.82, 2.24) is 9.80 Å². The summed E-state index contributed by atoms with van der Waals surface area (Å²) in [6, 6.07) is 0.232. The molecule has 1 fully saturated rings. The maximum Gasteiger partial charge on any atom is 0.239 e. The summed E-state index contributed by atoms with van der Waals surface area (Å²) < 4.78 is 5.26. The first kappa shape index (κ1) is 14.4. The van der Waals surface area contributed by atoms with E-state index in [4.69, 9.17) is 10.5 Å². The van der Waals surface area contributed by atoms with E-state index in [1.807, 2.05) is 11.8 Å². The van der Waals surface area contributed by atoms with Crippen molar-refractivity contribution in [2.24, 2.45) is 5.73 Å². The highest BCUT2D eigenvalue weighted by molar-refractivity contribution is 5.81. The zero-order valence-corrected chi connectivity index (χ0v) is 11.2. The Morgan fingerprint density at radius 3 is 2.41 bits per heavy atom. The molecule has 5 nitrogen and oxygen atoms in total. The Kier molecular flexibility index (Phi) is 5.88. The van der Waals surface area contributed by atoms with Gasteiger partial charge >= 0.3 is 0 Å². The lowest BCUT2D eigenvalue weighted by molar-refractivity contribution is -0.141. The molecule has 0 aromatic carbocycles.